The third-order valence-corrected chi connectivity index (χ3v) is 4.80. The number of nitrogens with zero attached hydrogens (tertiary/aromatic N) is 2. The van der Waals surface area contributed by atoms with Gasteiger partial charge in [-0.15, -0.1) is 11.3 Å². The van der Waals surface area contributed by atoms with E-state index in [2.05, 4.69) is 4.98 Å². The molecule has 0 saturated carbocycles. The highest BCUT2D eigenvalue weighted by Gasteiger charge is 2.17. The molecule has 0 fully saturated rings. The van der Waals surface area contributed by atoms with Crippen LogP contribution in [0.25, 0.3) is 0 Å². The van der Waals surface area contributed by atoms with Crippen LogP contribution in [0.5, 0.6) is 0 Å². The molecule has 0 spiro atoms. The van der Waals surface area contributed by atoms with Crippen molar-refractivity contribution in [3.63, 3.8) is 0 Å². The number of carbonyl (C=O) groups is 1. The molecule has 0 saturated heterocycles. The van der Waals surface area contributed by atoms with Gasteiger partial charge in [0, 0.05) is 29.6 Å². The molecule has 2 rings (SSSR count). The lowest BCUT2D eigenvalue weighted by molar-refractivity contribution is -0.131. The fraction of sp³-hybridized carbons (Fsp3) is 0.375. The Bertz CT molecular complexity index is 568. The Labute approximate surface area is 134 Å². The van der Waals surface area contributed by atoms with E-state index in [1.165, 1.54) is 5.56 Å². The standard InChI is InChI=1S/C16H19ClN2OS/c1-12(15-10-18-11-21-15)19(2)16(20)5-3-4-13-6-8-14(17)9-7-13/h6-12H,3-5H2,1-2H3/t12-/m1/s1. The molecule has 0 aliphatic rings. The summed E-state index contributed by atoms with van der Waals surface area (Å²) in [5.74, 6) is 0.171. The van der Waals surface area contributed by atoms with E-state index in [1.54, 1.807) is 21.7 Å². The predicted octanol–water partition coefficient (Wildman–Crippen LogP) is 4.34. The van der Waals surface area contributed by atoms with Crippen molar-refractivity contribution in [3.05, 3.63) is 51.4 Å². The van der Waals surface area contributed by atoms with Crippen LogP contribution in [0.4, 0.5) is 0 Å². The summed E-state index contributed by atoms with van der Waals surface area (Å²) in [5.41, 5.74) is 3.01. The summed E-state index contributed by atoms with van der Waals surface area (Å²) < 4.78 is 0. The van der Waals surface area contributed by atoms with Crippen LogP contribution in [-0.4, -0.2) is 22.8 Å². The average molecular weight is 323 g/mol. The molecule has 2 aromatic rings. The molecule has 1 aromatic heterocycles. The van der Waals surface area contributed by atoms with E-state index >= 15 is 0 Å². The maximum atomic E-state index is 12.2. The second-order valence-corrected chi connectivity index (χ2v) is 6.42. The average Bonchev–Trinajstić information content (AvgIpc) is 3.02. The number of thiazole rings is 1. The summed E-state index contributed by atoms with van der Waals surface area (Å²) in [6, 6.07) is 7.88. The Morgan fingerprint density at radius 3 is 2.71 bits per heavy atom. The van der Waals surface area contributed by atoms with Crippen LogP contribution in [0.2, 0.25) is 5.02 Å². The zero-order valence-electron chi connectivity index (χ0n) is 12.3. The van der Waals surface area contributed by atoms with E-state index in [0.29, 0.717) is 6.42 Å². The van der Waals surface area contributed by atoms with Crippen LogP contribution >= 0.6 is 22.9 Å². The van der Waals surface area contributed by atoms with Gasteiger partial charge in [-0.3, -0.25) is 9.78 Å². The molecule has 0 aliphatic heterocycles. The number of carbonyl (C=O) groups excluding carboxylic acids is 1. The van der Waals surface area contributed by atoms with Gasteiger partial charge < -0.3 is 4.90 Å². The molecule has 0 radical (unpaired) electrons. The number of aromatic nitrogens is 1. The minimum atomic E-state index is 0.0838. The summed E-state index contributed by atoms with van der Waals surface area (Å²) in [6.07, 6.45) is 4.13. The van der Waals surface area contributed by atoms with E-state index in [9.17, 15) is 4.79 Å². The van der Waals surface area contributed by atoms with Crippen molar-refractivity contribution in [1.29, 1.82) is 0 Å². The molecule has 112 valence electrons. The fourth-order valence-electron chi connectivity index (χ4n) is 2.11. The van der Waals surface area contributed by atoms with Gasteiger partial charge >= 0.3 is 0 Å². The van der Waals surface area contributed by atoms with Gasteiger partial charge in [0.25, 0.3) is 0 Å². The van der Waals surface area contributed by atoms with Crippen molar-refractivity contribution in [2.45, 2.75) is 32.2 Å². The lowest BCUT2D eigenvalue weighted by Crippen LogP contribution is -2.29. The fourth-order valence-corrected chi connectivity index (χ4v) is 2.96. The Hall–Kier alpha value is -1.39. The highest BCUT2D eigenvalue weighted by Crippen LogP contribution is 2.23. The lowest BCUT2D eigenvalue weighted by Gasteiger charge is -2.23. The summed E-state index contributed by atoms with van der Waals surface area (Å²) >= 11 is 7.44. The van der Waals surface area contributed by atoms with Crippen molar-refractivity contribution < 1.29 is 4.79 Å². The summed E-state index contributed by atoms with van der Waals surface area (Å²) in [7, 11) is 1.86. The van der Waals surface area contributed by atoms with E-state index in [-0.39, 0.29) is 11.9 Å². The Morgan fingerprint density at radius 2 is 2.10 bits per heavy atom. The van der Waals surface area contributed by atoms with E-state index in [4.69, 9.17) is 11.6 Å². The maximum Gasteiger partial charge on any atom is 0.222 e. The molecule has 1 atom stereocenters. The first-order valence-corrected chi connectivity index (χ1v) is 8.22. The monoisotopic (exact) mass is 322 g/mol. The summed E-state index contributed by atoms with van der Waals surface area (Å²) in [4.78, 5) is 19.2. The smallest absolute Gasteiger partial charge is 0.222 e. The lowest BCUT2D eigenvalue weighted by atomic mass is 10.1. The molecule has 1 amide bonds. The van der Waals surface area contributed by atoms with Gasteiger partial charge in [0.1, 0.15) is 0 Å². The number of benzene rings is 1. The number of halogens is 1. The molecular formula is C16H19ClN2OS. The highest BCUT2D eigenvalue weighted by molar-refractivity contribution is 7.09. The number of hydrogen-bond acceptors (Lipinski definition) is 3. The molecule has 1 aromatic carbocycles. The molecule has 3 nitrogen and oxygen atoms in total. The molecule has 0 bridgehead atoms. The Balaban J connectivity index is 1.80. The molecular weight excluding hydrogens is 304 g/mol. The van der Waals surface area contributed by atoms with E-state index < -0.39 is 0 Å². The van der Waals surface area contributed by atoms with Crippen molar-refractivity contribution >= 4 is 28.8 Å². The van der Waals surface area contributed by atoms with Gasteiger partial charge in [-0.05, 0) is 37.5 Å². The number of amides is 1. The van der Waals surface area contributed by atoms with Gasteiger partial charge in [-0.2, -0.15) is 0 Å². The quantitative estimate of drug-likeness (QED) is 0.792. The number of aryl methyl sites for hydroxylation is 1. The third-order valence-electron chi connectivity index (χ3n) is 3.61. The van der Waals surface area contributed by atoms with Crippen molar-refractivity contribution in [2.24, 2.45) is 0 Å². The van der Waals surface area contributed by atoms with Crippen molar-refractivity contribution in [2.75, 3.05) is 7.05 Å². The second kappa shape index (κ2) is 7.57. The highest BCUT2D eigenvalue weighted by atomic mass is 35.5. The van der Waals surface area contributed by atoms with Gasteiger partial charge in [0.2, 0.25) is 5.91 Å². The summed E-state index contributed by atoms with van der Waals surface area (Å²) in [6.45, 7) is 2.03. The largest absolute Gasteiger partial charge is 0.338 e. The minimum Gasteiger partial charge on any atom is -0.338 e. The second-order valence-electron chi connectivity index (χ2n) is 5.06. The minimum absolute atomic E-state index is 0.0838. The third kappa shape index (κ3) is 4.55. The van der Waals surface area contributed by atoms with Gasteiger partial charge in [-0.25, -0.2) is 0 Å². The summed E-state index contributed by atoms with van der Waals surface area (Å²) in [5, 5.41) is 0.743. The number of rotatable bonds is 6. The Morgan fingerprint density at radius 1 is 1.38 bits per heavy atom. The molecule has 0 N–H and O–H groups in total. The predicted molar refractivity (Wildman–Crippen MR) is 87.7 cm³/mol. The van der Waals surface area contributed by atoms with E-state index in [1.807, 2.05) is 44.4 Å². The molecule has 0 unspecified atom stereocenters. The molecule has 0 aliphatic carbocycles. The van der Waals surface area contributed by atoms with Gasteiger partial charge in [0.15, 0.2) is 0 Å². The molecule has 1 heterocycles. The van der Waals surface area contributed by atoms with Crippen LogP contribution in [0.1, 0.15) is 36.2 Å². The zero-order valence-corrected chi connectivity index (χ0v) is 13.8. The van der Waals surface area contributed by atoms with Crippen LogP contribution in [-0.2, 0) is 11.2 Å². The van der Waals surface area contributed by atoms with Crippen LogP contribution in [0.15, 0.2) is 36.0 Å². The molecule has 5 heteroatoms. The topological polar surface area (TPSA) is 33.2 Å². The van der Waals surface area contributed by atoms with Gasteiger partial charge in [0.05, 0.1) is 11.6 Å². The Kier molecular flexibility index (Phi) is 5.76. The van der Waals surface area contributed by atoms with Crippen LogP contribution < -0.4 is 0 Å². The van der Waals surface area contributed by atoms with Crippen LogP contribution in [0.3, 0.4) is 0 Å². The van der Waals surface area contributed by atoms with Crippen LogP contribution in [0, 0.1) is 0 Å². The SMILES string of the molecule is C[C@H](c1cncs1)N(C)C(=O)CCCc1ccc(Cl)cc1. The van der Waals surface area contributed by atoms with Crippen molar-refractivity contribution in [1.82, 2.24) is 9.88 Å². The van der Waals surface area contributed by atoms with Crippen molar-refractivity contribution in [3.8, 4) is 0 Å². The van der Waals surface area contributed by atoms with E-state index in [0.717, 1.165) is 22.7 Å². The normalized spacial score (nSPS) is 12.1. The number of hydrogen-bond donors (Lipinski definition) is 0. The first kappa shape index (κ1) is 16.0. The first-order chi connectivity index (χ1) is 10.1. The zero-order chi connectivity index (χ0) is 15.2. The maximum absolute atomic E-state index is 12.2. The first-order valence-electron chi connectivity index (χ1n) is 6.96. The molecule has 21 heavy (non-hydrogen) atoms. The van der Waals surface area contributed by atoms with Gasteiger partial charge in [-0.1, -0.05) is 23.7 Å².